The van der Waals surface area contributed by atoms with Gasteiger partial charge in [0.1, 0.15) is 6.10 Å². The van der Waals surface area contributed by atoms with Crippen molar-refractivity contribution in [2.45, 2.75) is 270 Å². The molecule has 0 radical (unpaired) electrons. The summed E-state index contributed by atoms with van der Waals surface area (Å²) >= 11 is 0. The Morgan fingerprint density at radius 1 is 0.423 bits per heavy atom. The third-order valence-corrected chi connectivity index (χ3v) is 10.7. The summed E-state index contributed by atoms with van der Waals surface area (Å²) in [7, 11) is 0. The molecule has 1 atom stereocenters. The van der Waals surface area contributed by atoms with Crippen molar-refractivity contribution in [3.8, 4) is 0 Å². The Morgan fingerprint density at radius 2 is 0.750 bits per heavy atom. The van der Waals surface area contributed by atoms with E-state index in [1.807, 2.05) is 0 Å². The Bertz CT molecular complexity index is 787. The number of carbonyl (C=O) groups excluding carboxylic acids is 1. The fraction of sp³-hybridized carbons (Fsp3) is 0.875. The van der Waals surface area contributed by atoms with Crippen molar-refractivity contribution in [1.29, 1.82) is 0 Å². The number of ether oxygens (including phenoxy) is 1. The molecular weight excluding hydrogens is 641 g/mol. The lowest BCUT2D eigenvalue weighted by Crippen LogP contribution is -2.18. The van der Waals surface area contributed by atoms with Crippen molar-refractivity contribution in [2.24, 2.45) is 0 Å². The summed E-state index contributed by atoms with van der Waals surface area (Å²) < 4.78 is 6.07. The second-order valence-electron chi connectivity index (χ2n) is 15.9. The predicted octanol–water partition coefficient (Wildman–Crippen LogP) is 16.3. The highest BCUT2D eigenvalue weighted by Crippen LogP contribution is 2.19. The van der Waals surface area contributed by atoms with Crippen LogP contribution in [-0.2, 0) is 14.3 Å². The molecule has 0 heterocycles. The molecule has 0 aromatic carbocycles. The minimum Gasteiger partial charge on any atom is -0.481 e. The molecular formula is C48H90O4. The summed E-state index contributed by atoms with van der Waals surface area (Å²) in [6.07, 6.45) is 56.7. The quantitative estimate of drug-likeness (QED) is 0.0385. The van der Waals surface area contributed by atoms with Crippen molar-refractivity contribution in [2.75, 3.05) is 0 Å². The van der Waals surface area contributed by atoms with E-state index in [9.17, 15) is 9.59 Å². The third-order valence-electron chi connectivity index (χ3n) is 10.7. The highest BCUT2D eigenvalue weighted by Gasteiger charge is 2.14. The van der Waals surface area contributed by atoms with E-state index in [2.05, 4.69) is 38.2 Å². The number of aliphatic carboxylic acids is 1. The van der Waals surface area contributed by atoms with Crippen LogP contribution in [0.15, 0.2) is 24.3 Å². The van der Waals surface area contributed by atoms with Crippen LogP contribution in [0, 0.1) is 0 Å². The van der Waals surface area contributed by atoms with E-state index in [1.165, 1.54) is 193 Å². The molecule has 0 amide bonds. The highest BCUT2D eigenvalue weighted by atomic mass is 16.5. The summed E-state index contributed by atoms with van der Waals surface area (Å²) in [6.45, 7) is 4.53. The Kier molecular flexibility index (Phi) is 42.5. The number of carboxylic acid groups (broad SMARTS) is 1. The Hall–Kier alpha value is -1.58. The maximum Gasteiger partial charge on any atom is 0.306 e. The summed E-state index contributed by atoms with van der Waals surface area (Å²) in [5.74, 6) is -0.623. The minimum absolute atomic E-state index is 0.0444. The Labute approximate surface area is 325 Å². The molecule has 0 bridgehead atoms. The fourth-order valence-electron chi connectivity index (χ4n) is 7.22. The lowest BCUT2D eigenvalue weighted by molar-refractivity contribution is -0.150. The zero-order valence-electron chi connectivity index (χ0n) is 35.1. The first kappa shape index (κ1) is 50.4. The van der Waals surface area contributed by atoms with Crippen LogP contribution in [0.25, 0.3) is 0 Å². The first-order chi connectivity index (χ1) is 25.6. The van der Waals surface area contributed by atoms with Crippen molar-refractivity contribution < 1.29 is 19.4 Å². The Morgan fingerprint density at radius 3 is 1.17 bits per heavy atom. The maximum absolute atomic E-state index is 12.7. The van der Waals surface area contributed by atoms with Gasteiger partial charge >= 0.3 is 11.9 Å². The number of allylic oxidation sites excluding steroid dienone is 4. The van der Waals surface area contributed by atoms with Crippen LogP contribution in [0.5, 0.6) is 0 Å². The molecule has 306 valence electrons. The lowest BCUT2D eigenvalue weighted by Gasteiger charge is -2.18. The average Bonchev–Trinajstić information content (AvgIpc) is 3.13. The van der Waals surface area contributed by atoms with Crippen LogP contribution in [0.3, 0.4) is 0 Å². The molecule has 1 unspecified atom stereocenters. The predicted molar refractivity (Wildman–Crippen MR) is 227 cm³/mol. The van der Waals surface area contributed by atoms with Gasteiger partial charge in [-0.15, -0.1) is 0 Å². The van der Waals surface area contributed by atoms with Crippen molar-refractivity contribution >= 4 is 11.9 Å². The standard InChI is InChI=1S/C48H90O4/c1-3-5-7-9-11-12-13-14-15-16-17-18-19-20-21-22-27-30-33-37-41-45-48(51)52-46(42-38-34-10-8-6-4-2)43-39-35-31-28-25-23-24-26-29-32-36-40-44-47(49)50/h11-12,14-15,46H,3-10,13,16-45H2,1-2H3,(H,49,50)/b12-11-,15-14-. The van der Waals surface area contributed by atoms with Gasteiger partial charge in [-0.05, 0) is 70.6 Å². The van der Waals surface area contributed by atoms with Gasteiger partial charge in [0.25, 0.3) is 0 Å². The molecule has 0 rings (SSSR count). The molecule has 0 aliphatic heterocycles. The van der Waals surface area contributed by atoms with Gasteiger partial charge < -0.3 is 9.84 Å². The van der Waals surface area contributed by atoms with E-state index in [4.69, 9.17) is 9.84 Å². The molecule has 52 heavy (non-hydrogen) atoms. The SMILES string of the molecule is CCCCC/C=C\C/C=C\CCCCCCCCCCCCCC(=O)OC(CCCCCCCC)CCCCCCCCCCCCCCC(=O)O. The van der Waals surface area contributed by atoms with Crippen LogP contribution in [-0.4, -0.2) is 23.1 Å². The van der Waals surface area contributed by atoms with Gasteiger partial charge in [-0.2, -0.15) is 0 Å². The van der Waals surface area contributed by atoms with Crippen molar-refractivity contribution in [1.82, 2.24) is 0 Å². The lowest BCUT2D eigenvalue weighted by atomic mass is 10.0. The van der Waals surface area contributed by atoms with Crippen molar-refractivity contribution in [3.05, 3.63) is 24.3 Å². The van der Waals surface area contributed by atoms with E-state index in [0.29, 0.717) is 12.8 Å². The van der Waals surface area contributed by atoms with Gasteiger partial charge in [-0.25, -0.2) is 0 Å². The molecule has 1 N–H and O–H groups in total. The largest absolute Gasteiger partial charge is 0.481 e. The van der Waals surface area contributed by atoms with Gasteiger partial charge in [-0.1, -0.05) is 205 Å². The molecule has 0 aromatic heterocycles. The van der Waals surface area contributed by atoms with E-state index >= 15 is 0 Å². The number of rotatable bonds is 43. The third kappa shape index (κ3) is 42.8. The number of carboxylic acids is 1. The molecule has 0 aliphatic carbocycles. The first-order valence-electron chi connectivity index (χ1n) is 23.3. The summed E-state index contributed by atoms with van der Waals surface area (Å²) in [5.41, 5.74) is 0. The molecule has 0 aromatic rings. The van der Waals surface area contributed by atoms with E-state index in [-0.39, 0.29) is 12.1 Å². The number of carbonyl (C=O) groups is 2. The minimum atomic E-state index is -0.668. The van der Waals surface area contributed by atoms with Crippen molar-refractivity contribution in [3.63, 3.8) is 0 Å². The number of esters is 1. The molecule has 4 heteroatoms. The zero-order chi connectivity index (χ0) is 37.8. The average molecular weight is 731 g/mol. The van der Waals surface area contributed by atoms with Gasteiger partial charge in [-0.3, -0.25) is 9.59 Å². The van der Waals surface area contributed by atoms with Crippen LogP contribution in [0.1, 0.15) is 264 Å². The number of unbranched alkanes of at least 4 members (excludes halogenated alkanes) is 30. The maximum atomic E-state index is 12.7. The highest BCUT2D eigenvalue weighted by molar-refractivity contribution is 5.69. The molecule has 0 spiro atoms. The van der Waals surface area contributed by atoms with E-state index < -0.39 is 5.97 Å². The van der Waals surface area contributed by atoms with Gasteiger partial charge in [0.15, 0.2) is 0 Å². The van der Waals surface area contributed by atoms with Crippen LogP contribution in [0.2, 0.25) is 0 Å². The second-order valence-corrected chi connectivity index (χ2v) is 15.9. The smallest absolute Gasteiger partial charge is 0.306 e. The van der Waals surface area contributed by atoms with Crippen LogP contribution >= 0.6 is 0 Å². The Balaban J connectivity index is 3.84. The molecule has 0 aliphatic rings. The fourth-order valence-corrected chi connectivity index (χ4v) is 7.22. The summed E-state index contributed by atoms with van der Waals surface area (Å²) in [4.78, 5) is 23.3. The molecule has 0 fully saturated rings. The topological polar surface area (TPSA) is 63.6 Å². The van der Waals surface area contributed by atoms with Gasteiger partial charge in [0.05, 0.1) is 0 Å². The summed E-state index contributed by atoms with van der Waals surface area (Å²) in [6, 6.07) is 0. The van der Waals surface area contributed by atoms with Crippen LogP contribution < -0.4 is 0 Å². The summed E-state index contributed by atoms with van der Waals surface area (Å²) in [5, 5.41) is 8.71. The first-order valence-corrected chi connectivity index (χ1v) is 23.3. The van der Waals surface area contributed by atoms with Gasteiger partial charge in [0, 0.05) is 12.8 Å². The molecule has 4 nitrogen and oxygen atoms in total. The molecule has 0 saturated carbocycles. The second kappa shape index (κ2) is 43.8. The normalized spacial score (nSPS) is 12.3. The number of hydrogen-bond acceptors (Lipinski definition) is 3. The zero-order valence-corrected chi connectivity index (χ0v) is 35.1. The van der Waals surface area contributed by atoms with Gasteiger partial charge in [0.2, 0.25) is 0 Å². The molecule has 0 saturated heterocycles. The monoisotopic (exact) mass is 731 g/mol. The van der Waals surface area contributed by atoms with Crippen LogP contribution in [0.4, 0.5) is 0 Å². The van der Waals surface area contributed by atoms with E-state index in [0.717, 1.165) is 44.9 Å². The number of hydrogen-bond donors (Lipinski definition) is 1. The van der Waals surface area contributed by atoms with E-state index in [1.54, 1.807) is 0 Å².